The second-order valence-corrected chi connectivity index (χ2v) is 4.88. The van der Waals surface area contributed by atoms with E-state index < -0.39 is 0 Å². The van der Waals surface area contributed by atoms with Crippen molar-refractivity contribution in [1.82, 2.24) is 0 Å². The van der Waals surface area contributed by atoms with E-state index in [0.29, 0.717) is 0 Å². The van der Waals surface area contributed by atoms with Crippen molar-refractivity contribution >= 4 is 5.69 Å². The fourth-order valence-corrected chi connectivity index (χ4v) is 1.94. The molecule has 0 radical (unpaired) electrons. The van der Waals surface area contributed by atoms with Crippen molar-refractivity contribution in [3.05, 3.63) is 27.8 Å². The average molecular weight is 262 g/mol. The summed E-state index contributed by atoms with van der Waals surface area (Å²) in [6.45, 7) is 0. The second kappa shape index (κ2) is 3.95. The Kier molecular flexibility index (Phi) is 3.17. The third kappa shape index (κ3) is 2.36. The van der Waals surface area contributed by atoms with Crippen LogP contribution in [0.2, 0.25) is 0 Å². The number of anilines is 1. The molecule has 0 unspecified atom stereocenters. The monoisotopic (exact) mass is 262 g/mol. The molecular weight excluding hydrogens is 249 g/mol. The molecule has 0 saturated carbocycles. The molecular formula is C9H13IN-. The first-order valence-corrected chi connectivity index (χ1v) is 6.74. The number of rotatable bonds is 2. The van der Waals surface area contributed by atoms with Crippen LogP contribution >= 0.6 is 0 Å². The Labute approximate surface area is 78.7 Å². The van der Waals surface area contributed by atoms with Crippen LogP contribution in [0, 0.1) is 3.57 Å². The van der Waals surface area contributed by atoms with E-state index in [9.17, 15) is 0 Å². The molecule has 0 N–H and O–H groups in total. The summed E-state index contributed by atoms with van der Waals surface area (Å²) in [7, 11) is 4.13. The van der Waals surface area contributed by atoms with Gasteiger partial charge in [0.2, 0.25) is 0 Å². The van der Waals surface area contributed by atoms with Gasteiger partial charge in [-0.15, -0.1) is 0 Å². The fourth-order valence-electron chi connectivity index (χ4n) is 0.865. The van der Waals surface area contributed by atoms with E-state index in [4.69, 9.17) is 0 Å². The zero-order valence-electron chi connectivity index (χ0n) is 7.13. The molecule has 0 fully saturated rings. The van der Waals surface area contributed by atoms with Crippen LogP contribution in [0.1, 0.15) is 0 Å². The minimum atomic E-state index is 0.258. The molecule has 1 rings (SSSR count). The molecule has 0 spiro atoms. The molecule has 0 bridgehead atoms. The summed E-state index contributed by atoms with van der Waals surface area (Å²) in [6, 6.07) is 8.81. The minimum absolute atomic E-state index is 0.258. The maximum atomic E-state index is 2.28. The van der Waals surface area contributed by atoms with Crippen molar-refractivity contribution in [1.29, 1.82) is 0 Å². The molecule has 1 nitrogen and oxygen atoms in total. The number of alkyl halides is 1. The average Bonchev–Trinajstić information content (AvgIpc) is 2.05. The Bertz CT molecular complexity index is 216. The van der Waals surface area contributed by atoms with Gasteiger partial charge in [0.05, 0.1) is 0 Å². The molecule has 0 amide bonds. The van der Waals surface area contributed by atoms with Gasteiger partial charge in [-0.2, -0.15) is 0 Å². The predicted octanol–water partition coefficient (Wildman–Crippen LogP) is -1.36. The molecule has 0 aliphatic heterocycles. The summed E-state index contributed by atoms with van der Waals surface area (Å²) >= 11 is 0.258. The molecule has 11 heavy (non-hydrogen) atoms. The summed E-state index contributed by atoms with van der Waals surface area (Å²) in [5.41, 5.74) is 1.28. The van der Waals surface area contributed by atoms with Gasteiger partial charge in [0.15, 0.2) is 0 Å². The normalized spacial score (nSPS) is 10.1. The third-order valence-electron chi connectivity index (χ3n) is 1.56. The van der Waals surface area contributed by atoms with E-state index in [1.165, 1.54) is 9.26 Å². The number of nitrogens with zero attached hydrogens (tertiary/aromatic N) is 1. The summed E-state index contributed by atoms with van der Waals surface area (Å²) < 4.78 is 1.51. The van der Waals surface area contributed by atoms with Crippen LogP contribution in [0.5, 0.6) is 0 Å². The zero-order chi connectivity index (χ0) is 8.27. The Hall–Kier alpha value is -0.250. The third-order valence-corrected chi connectivity index (χ3v) is 3.53. The van der Waals surface area contributed by atoms with Gasteiger partial charge in [-0.25, -0.2) is 0 Å². The predicted molar refractivity (Wildman–Crippen MR) is 45.4 cm³/mol. The molecule has 0 aliphatic rings. The topological polar surface area (TPSA) is 3.24 Å². The van der Waals surface area contributed by atoms with Crippen LogP contribution in [0.3, 0.4) is 0 Å². The Morgan fingerprint density at radius 3 is 2.00 bits per heavy atom. The van der Waals surface area contributed by atoms with E-state index >= 15 is 0 Å². The SMILES string of the molecule is C[I-]c1ccc(N(C)C)cc1. The molecule has 0 heterocycles. The van der Waals surface area contributed by atoms with Gasteiger partial charge in [0.1, 0.15) is 0 Å². The van der Waals surface area contributed by atoms with Gasteiger partial charge in [0.25, 0.3) is 0 Å². The van der Waals surface area contributed by atoms with Crippen molar-refractivity contribution < 1.29 is 21.2 Å². The zero-order valence-corrected chi connectivity index (χ0v) is 9.29. The van der Waals surface area contributed by atoms with Gasteiger partial charge in [0, 0.05) is 0 Å². The van der Waals surface area contributed by atoms with Gasteiger partial charge in [-0.05, 0) is 0 Å². The van der Waals surface area contributed by atoms with E-state index in [0.717, 1.165) is 0 Å². The number of hydrogen-bond donors (Lipinski definition) is 0. The Morgan fingerprint density at radius 2 is 1.64 bits per heavy atom. The van der Waals surface area contributed by atoms with Crippen LogP contribution in [0.4, 0.5) is 5.69 Å². The van der Waals surface area contributed by atoms with Crippen LogP contribution < -0.4 is 26.1 Å². The van der Waals surface area contributed by atoms with Crippen LogP contribution in [0.15, 0.2) is 24.3 Å². The van der Waals surface area contributed by atoms with Gasteiger partial charge >= 0.3 is 78.7 Å². The summed E-state index contributed by atoms with van der Waals surface area (Å²) in [6.07, 6.45) is 0. The van der Waals surface area contributed by atoms with Crippen molar-refractivity contribution in [2.45, 2.75) is 0 Å². The van der Waals surface area contributed by atoms with Gasteiger partial charge in [-0.3, -0.25) is 0 Å². The number of benzene rings is 1. The number of hydrogen-bond acceptors (Lipinski definition) is 1. The van der Waals surface area contributed by atoms with E-state index in [-0.39, 0.29) is 21.2 Å². The molecule has 1 aromatic rings. The second-order valence-electron chi connectivity index (χ2n) is 2.56. The maximum absolute atomic E-state index is 2.28. The quantitative estimate of drug-likeness (QED) is 0.470. The Balaban J connectivity index is 2.83. The summed E-state index contributed by atoms with van der Waals surface area (Å²) in [5.74, 6) is 0. The summed E-state index contributed by atoms with van der Waals surface area (Å²) in [5, 5.41) is 0. The van der Waals surface area contributed by atoms with Crippen LogP contribution in [-0.2, 0) is 0 Å². The molecule has 0 aromatic heterocycles. The van der Waals surface area contributed by atoms with Crippen molar-refractivity contribution in [3.8, 4) is 0 Å². The van der Waals surface area contributed by atoms with Crippen molar-refractivity contribution in [3.63, 3.8) is 0 Å². The first-order chi connectivity index (χ1) is 5.24. The first-order valence-electron chi connectivity index (χ1n) is 3.51. The summed E-state index contributed by atoms with van der Waals surface area (Å²) in [4.78, 5) is 4.40. The fraction of sp³-hybridized carbons (Fsp3) is 0.333. The van der Waals surface area contributed by atoms with E-state index in [1.54, 1.807) is 0 Å². The van der Waals surface area contributed by atoms with Crippen molar-refractivity contribution in [2.75, 3.05) is 23.9 Å². The van der Waals surface area contributed by atoms with Crippen LogP contribution in [0.25, 0.3) is 0 Å². The van der Waals surface area contributed by atoms with Gasteiger partial charge in [-0.1, -0.05) is 0 Å². The molecule has 2 heteroatoms. The molecule has 1 aromatic carbocycles. The van der Waals surface area contributed by atoms with E-state index in [1.807, 2.05) is 0 Å². The van der Waals surface area contributed by atoms with E-state index in [2.05, 4.69) is 48.2 Å². The number of halogens is 1. The standard InChI is InChI=1S/C9H13IN/c1-10-8-4-6-9(7-5-8)11(2)3/h4-7H,1-3H3/q-1. The first kappa shape index (κ1) is 8.84. The molecule has 0 atom stereocenters. The van der Waals surface area contributed by atoms with Crippen LogP contribution in [-0.4, -0.2) is 19.0 Å². The molecule has 62 valence electrons. The molecule has 0 aliphatic carbocycles. The van der Waals surface area contributed by atoms with Crippen molar-refractivity contribution in [2.24, 2.45) is 0 Å². The van der Waals surface area contributed by atoms with Gasteiger partial charge < -0.3 is 0 Å². The Morgan fingerprint density at radius 1 is 1.09 bits per heavy atom. The molecule has 0 saturated heterocycles.